The van der Waals surface area contributed by atoms with Crippen LogP contribution in [0.15, 0.2) is 0 Å². The third-order valence-corrected chi connectivity index (χ3v) is 2.45. The van der Waals surface area contributed by atoms with Gasteiger partial charge in [0, 0.05) is 19.5 Å². The molecule has 1 heterocycles. The van der Waals surface area contributed by atoms with Crippen molar-refractivity contribution in [3.8, 4) is 6.07 Å². The first kappa shape index (κ1) is 10.5. The third-order valence-electron chi connectivity index (χ3n) is 2.45. The Bertz CT molecular complexity index is 154. The zero-order chi connectivity index (χ0) is 9.36. The van der Waals surface area contributed by atoms with Crippen LogP contribution in [0.3, 0.4) is 0 Å². The molecule has 1 N–H and O–H groups in total. The monoisotopic (exact) mass is 181 g/mol. The fraction of sp³-hybridized carbons (Fsp3) is 0.900. The number of rotatable bonds is 4. The summed E-state index contributed by atoms with van der Waals surface area (Å²) in [5, 5.41) is 11.8. The molecule has 1 saturated heterocycles. The molecule has 0 aromatic carbocycles. The van der Waals surface area contributed by atoms with Crippen molar-refractivity contribution >= 4 is 0 Å². The smallest absolute Gasteiger partial charge is 0.0621 e. The largest absolute Gasteiger partial charge is 0.315 e. The van der Waals surface area contributed by atoms with Crippen molar-refractivity contribution in [3.05, 3.63) is 0 Å². The van der Waals surface area contributed by atoms with Crippen molar-refractivity contribution < 1.29 is 0 Å². The first-order chi connectivity index (χ1) is 6.43. The highest BCUT2D eigenvalue weighted by atomic mass is 15.1. The van der Waals surface area contributed by atoms with Crippen LogP contribution in [0.25, 0.3) is 0 Å². The van der Waals surface area contributed by atoms with Crippen molar-refractivity contribution in [1.29, 1.82) is 5.26 Å². The molecule has 0 saturated carbocycles. The van der Waals surface area contributed by atoms with E-state index in [2.05, 4.69) is 16.3 Å². The van der Waals surface area contributed by atoms with Crippen molar-refractivity contribution in [2.75, 3.05) is 32.7 Å². The molecule has 0 radical (unpaired) electrons. The standard InChI is InChI=1S/C10H19N3/c11-5-2-1-3-8-13-9-4-6-12-7-10-13/h12H,1-4,6-10H2. The predicted octanol–water partition coefficient (Wildman–Crippen LogP) is 0.976. The van der Waals surface area contributed by atoms with Gasteiger partial charge in [-0.15, -0.1) is 0 Å². The van der Waals surface area contributed by atoms with Gasteiger partial charge in [0.2, 0.25) is 0 Å². The van der Waals surface area contributed by atoms with E-state index >= 15 is 0 Å². The van der Waals surface area contributed by atoms with Crippen molar-refractivity contribution in [2.24, 2.45) is 0 Å². The van der Waals surface area contributed by atoms with Gasteiger partial charge < -0.3 is 10.2 Å². The summed E-state index contributed by atoms with van der Waals surface area (Å²) < 4.78 is 0. The zero-order valence-corrected chi connectivity index (χ0v) is 8.26. The number of unbranched alkanes of at least 4 members (excludes halogenated alkanes) is 2. The summed E-state index contributed by atoms with van der Waals surface area (Å²) in [5.41, 5.74) is 0. The number of nitriles is 1. The maximum atomic E-state index is 8.37. The van der Waals surface area contributed by atoms with E-state index in [0.717, 1.165) is 19.5 Å². The van der Waals surface area contributed by atoms with E-state index in [9.17, 15) is 0 Å². The number of hydrogen-bond acceptors (Lipinski definition) is 3. The van der Waals surface area contributed by atoms with Crippen molar-refractivity contribution in [2.45, 2.75) is 25.7 Å². The second-order valence-corrected chi connectivity index (χ2v) is 3.56. The molecule has 1 aliphatic heterocycles. The topological polar surface area (TPSA) is 39.1 Å². The van der Waals surface area contributed by atoms with E-state index in [1.54, 1.807) is 0 Å². The van der Waals surface area contributed by atoms with E-state index in [0.29, 0.717) is 6.42 Å². The molecule has 0 aromatic rings. The molecule has 1 aliphatic rings. The van der Waals surface area contributed by atoms with Gasteiger partial charge in [-0.05, 0) is 38.9 Å². The summed E-state index contributed by atoms with van der Waals surface area (Å²) in [6.07, 6.45) is 4.21. The minimum Gasteiger partial charge on any atom is -0.315 e. The highest BCUT2D eigenvalue weighted by Gasteiger charge is 2.06. The highest BCUT2D eigenvalue weighted by Crippen LogP contribution is 2.00. The molecule has 3 heteroatoms. The van der Waals surface area contributed by atoms with Gasteiger partial charge in [-0.1, -0.05) is 0 Å². The van der Waals surface area contributed by atoms with Gasteiger partial charge in [-0.25, -0.2) is 0 Å². The quantitative estimate of drug-likeness (QED) is 0.657. The van der Waals surface area contributed by atoms with Crippen LogP contribution in [-0.4, -0.2) is 37.6 Å². The lowest BCUT2D eigenvalue weighted by atomic mass is 10.2. The second-order valence-electron chi connectivity index (χ2n) is 3.56. The Morgan fingerprint density at radius 1 is 1.23 bits per heavy atom. The normalized spacial score (nSPS) is 19.3. The van der Waals surface area contributed by atoms with E-state index in [-0.39, 0.29) is 0 Å². The molecular weight excluding hydrogens is 162 g/mol. The van der Waals surface area contributed by atoms with Gasteiger partial charge >= 0.3 is 0 Å². The third kappa shape index (κ3) is 4.87. The molecule has 0 spiro atoms. The SMILES string of the molecule is N#CCCCCN1CCCNCC1. The van der Waals surface area contributed by atoms with E-state index in [1.807, 2.05) is 0 Å². The summed E-state index contributed by atoms with van der Waals surface area (Å²) in [6.45, 7) is 5.85. The zero-order valence-electron chi connectivity index (χ0n) is 8.26. The van der Waals surface area contributed by atoms with Gasteiger partial charge in [-0.2, -0.15) is 5.26 Å². The van der Waals surface area contributed by atoms with Crippen molar-refractivity contribution in [1.82, 2.24) is 10.2 Å². The van der Waals surface area contributed by atoms with Crippen LogP contribution in [0, 0.1) is 11.3 Å². The maximum Gasteiger partial charge on any atom is 0.0621 e. The molecule has 0 aliphatic carbocycles. The Kier molecular flexibility index (Phi) is 5.55. The van der Waals surface area contributed by atoms with Crippen LogP contribution in [-0.2, 0) is 0 Å². The van der Waals surface area contributed by atoms with E-state index in [1.165, 1.54) is 32.5 Å². The molecule has 1 rings (SSSR count). The molecule has 0 atom stereocenters. The summed E-state index contributed by atoms with van der Waals surface area (Å²) >= 11 is 0. The molecule has 13 heavy (non-hydrogen) atoms. The van der Waals surface area contributed by atoms with Crippen LogP contribution in [0.4, 0.5) is 0 Å². The molecule has 0 bridgehead atoms. The van der Waals surface area contributed by atoms with Gasteiger partial charge in [0.1, 0.15) is 0 Å². The molecule has 3 nitrogen and oxygen atoms in total. The van der Waals surface area contributed by atoms with Crippen LogP contribution in [0.1, 0.15) is 25.7 Å². The Labute approximate surface area is 80.7 Å². The minimum atomic E-state index is 0.714. The predicted molar refractivity (Wildman–Crippen MR) is 53.4 cm³/mol. The van der Waals surface area contributed by atoms with Gasteiger partial charge in [-0.3, -0.25) is 0 Å². The number of nitrogens with one attached hydrogen (secondary N) is 1. The number of hydrogen-bond donors (Lipinski definition) is 1. The lowest BCUT2D eigenvalue weighted by Crippen LogP contribution is -2.28. The molecular formula is C10H19N3. The number of nitrogens with zero attached hydrogens (tertiary/aromatic N) is 2. The molecule has 74 valence electrons. The highest BCUT2D eigenvalue weighted by molar-refractivity contribution is 4.70. The molecule has 0 aromatic heterocycles. The fourth-order valence-corrected chi connectivity index (χ4v) is 1.66. The Balaban J connectivity index is 2.02. The second kappa shape index (κ2) is 6.88. The first-order valence-corrected chi connectivity index (χ1v) is 5.23. The van der Waals surface area contributed by atoms with Crippen LogP contribution < -0.4 is 5.32 Å². The lowest BCUT2D eigenvalue weighted by molar-refractivity contribution is 0.286. The minimum absolute atomic E-state index is 0.714. The summed E-state index contributed by atoms with van der Waals surface area (Å²) in [4.78, 5) is 2.50. The summed E-state index contributed by atoms with van der Waals surface area (Å²) in [6, 6.07) is 2.19. The summed E-state index contributed by atoms with van der Waals surface area (Å²) in [7, 11) is 0. The van der Waals surface area contributed by atoms with Gasteiger partial charge in [0.05, 0.1) is 6.07 Å². The maximum absolute atomic E-state index is 8.37. The Hall–Kier alpha value is -0.590. The molecule has 0 amide bonds. The Morgan fingerprint density at radius 2 is 2.15 bits per heavy atom. The lowest BCUT2D eigenvalue weighted by Gasteiger charge is -2.18. The van der Waals surface area contributed by atoms with Gasteiger partial charge in [0.15, 0.2) is 0 Å². The van der Waals surface area contributed by atoms with Crippen molar-refractivity contribution in [3.63, 3.8) is 0 Å². The summed E-state index contributed by atoms with van der Waals surface area (Å²) in [5.74, 6) is 0. The molecule has 0 unspecified atom stereocenters. The fourth-order valence-electron chi connectivity index (χ4n) is 1.66. The van der Waals surface area contributed by atoms with Crippen LogP contribution in [0.2, 0.25) is 0 Å². The van der Waals surface area contributed by atoms with E-state index < -0.39 is 0 Å². The van der Waals surface area contributed by atoms with Crippen LogP contribution in [0.5, 0.6) is 0 Å². The van der Waals surface area contributed by atoms with E-state index in [4.69, 9.17) is 5.26 Å². The van der Waals surface area contributed by atoms with Gasteiger partial charge in [0.25, 0.3) is 0 Å². The first-order valence-electron chi connectivity index (χ1n) is 5.23. The Morgan fingerprint density at radius 3 is 3.00 bits per heavy atom. The average Bonchev–Trinajstić information content (AvgIpc) is 2.41. The molecule has 1 fully saturated rings. The van der Waals surface area contributed by atoms with Crippen LogP contribution >= 0.6 is 0 Å². The average molecular weight is 181 g/mol.